The number of aromatic amines is 1. The number of carbonyl (C=O) groups is 1. The molecule has 0 saturated heterocycles. The Hall–Kier alpha value is -1.81. The van der Waals surface area contributed by atoms with Crippen LogP contribution in [-0.4, -0.2) is 16.8 Å². The van der Waals surface area contributed by atoms with E-state index in [1.165, 1.54) is 5.56 Å². The molecular weight excluding hydrogens is 300 g/mol. The first-order chi connectivity index (χ1) is 10.7. The van der Waals surface area contributed by atoms with E-state index in [2.05, 4.69) is 10.3 Å². The Bertz CT molecular complexity index is 767. The van der Waals surface area contributed by atoms with Gasteiger partial charge in [0.2, 0.25) is 5.91 Å². The molecule has 0 radical (unpaired) electrons. The summed E-state index contributed by atoms with van der Waals surface area (Å²) in [6.45, 7) is 0. The van der Waals surface area contributed by atoms with Crippen molar-refractivity contribution >= 4 is 34.1 Å². The van der Waals surface area contributed by atoms with E-state index in [-0.39, 0.29) is 11.5 Å². The molecule has 4 nitrogen and oxygen atoms in total. The number of aromatic nitrogens is 1. The highest BCUT2D eigenvalue weighted by molar-refractivity contribution is 6.18. The zero-order valence-corrected chi connectivity index (χ0v) is 13.1. The molecule has 0 aliphatic heterocycles. The van der Waals surface area contributed by atoms with Gasteiger partial charge in [-0.15, -0.1) is 11.6 Å². The van der Waals surface area contributed by atoms with E-state index in [9.17, 15) is 9.59 Å². The maximum atomic E-state index is 12.2. The number of amides is 1. The first kappa shape index (κ1) is 15.1. The molecule has 1 aliphatic carbocycles. The highest BCUT2D eigenvalue weighted by Gasteiger charge is 2.16. The standard InChI is InChI=1S/C17H19ClN2O2/c18-9-3-6-16(21)19-11-7-8-13-12-4-1-2-5-14(12)17(22)20-15(13)10-11/h7-8,10H,1-6,9H2,(H,19,21)(H,20,22). The second kappa shape index (κ2) is 6.53. The van der Waals surface area contributed by atoms with Crippen LogP contribution in [0.2, 0.25) is 0 Å². The van der Waals surface area contributed by atoms with E-state index >= 15 is 0 Å². The molecule has 3 rings (SSSR count). The second-order valence-corrected chi connectivity index (χ2v) is 6.10. The quantitative estimate of drug-likeness (QED) is 0.849. The Labute approximate surface area is 133 Å². The summed E-state index contributed by atoms with van der Waals surface area (Å²) in [4.78, 5) is 26.9. The molecule has 2 aromatic rings. The lowest BCUT2D eigenvalue weighted by atomic mass is 9.90. The summed E-state index contributed by atoms with van der Waals surface area (Å²) in [5.41, 5.74) is 3.61. The van der Waals surface area contributed by atoms with Crippen LogP contribution in [0.3, 0.4) is 0 Å². The molecule has 0 bridgehead atoms. The average Bonchev–Trinajstić information content (AvgIpc) is 2.53. The predicted octanol–water partition coefficient (Wildman–Crippen LogP) is 3.36. The van der Waals surface area contributed by atoms with Crippen molar-refractivity contribution < 1.29 is 4.79 Å². The molecule has 0 unspecified atom stereocenters. The number of alkyl halides is 1. The van der Waals surface area contributed by atoms with Gasteiger partial charge < -0.3 is 10.3 Å². The molecule has 1 heterocycles. The minimum atomic E-state index is -0.0553. The van der Waals surface area contributed by atoms with Crippen LogP contribution in [-0.2, 0) is 17.6 Å². The van der Waals surface area contributed by atoms with E-state index in [1.807, 2.05) is 18.2 Å². The van der Waals surface area contributed by atoms with Gasteiger partial charge in [-0.3, -0.25) is 9.59 Å². The zero-order chi connectivity index (χ0) is 15.5. The van der Waals surface area contributed by atoms with Gasteiger partial charge in [0.1, 0.15) is 0 Å². The van der Waals surface area contributed by atoms with Crippen molar-refractivity contribution in [3.05, 3.63) is 39.7 Å². The number of aryl methyl sites for hydroxylation is 1. The average molecular weight is 319 g/mol. The van der Waals surface area contributed by atoms with Gasteiger partial charge >= 0.3 is 0 Å². The van der Waals surface area contributed by atoms with Crippen LogP contribution in [0.5, 0.6) is 0 Å². The van der Waals surface area contributed by atoms with E-state index in [1.54, 1.807) is 0 Å². The van der Waals surface area contributed by atoms with E-state index in [4.69, 9.17) is 11.6 Å². The van der Waals surface area contributed by atoms with Crippen LogP contribution in [0, 0.1) is 0 Å². The molecular formula is C17H19ClN2O2. The number of fused-ring (bicyclic) bond motifs is 3. The van der Waals surface area contributed by atoms with Gasteiger partial charge in [0.05, 0.1) is 5.52 Å². The van der Waals surface area contributed by atoms with Crippen LogP contribution in [0.25, 0.3) is 10.9 Å². The molecule has 0 saturated carbocycles. The molecule has 22 heavy (non-hydrogen) atoms. The summed E-state index contributed by atoms with van der Waals surface area (Å²) in [7, 11) is 0. The summed E-state index contributed by atoms with van der Waals surface area (Å²) >= 11 is 5.59. The van der Waals surface area contributed by atoms with Crippen LogP contribution in [0.15, 0.2) is 23.0 Å². The van der Waals surface area contributed by atoms with Crippen LogP contribution < -0.4 is 10.9 Å². The number of benzene rings is 1. The van der Waals surface area contributed by atoms with Gasteiger partial charge in [-0.1, -0.05) is 6.07 Å². The number of hydrogen-bond acceptors (Lipinski definition) is 2. The van der Waals surface area contributed by atoms with Gasteiger partial charge in [-0.05, 0) is 49.8 Å². The normalized spacial score (nSPS) is 13.9. The second-order valence-electron chi connectivity index (χ2n) is 5.72. The van der Waals surface area contributed by atoms with Gasteiger partial charge in [0, 0.05) is 28.9 Å². The number of pyridine rings is 1. The van der Waals surface area contributed by atoms with Crippen molar-refractivity contribution in [1.82, 2.24) is 4.98 Å². The van der Waals surface area contributed by atoms with Gasteiger partial charge in [0.25, 0.3) is 5.56 Å². The highest BCUT2D eigenvalue weighted by atomic mass is 35.5. The fourth-order valence-electron chi connectivity index (χ4n) is 3.09. The third-order valence-corrected chi connectivity index (χ3v) is 4.42. The van der Waals surface area contributed by atoms with Gasteiger partial charge in [-0.25, -0.2) is 0 Å². The Morgan fingerprint density at radius 2 is 2.00 bits per heavy atom. The SMILES string of the molecule is O=C(CCCCl)Nc1ccc2c3c(c(=O)[nH]c2c1)CCCC3. The lowest BCUT2D eigenvalue weighted by Crippen LogP contribution is -2.19. The molecule has 1 amide bonds. The molecule has 2 N–H and O–H groups in total. The van der Waals surface area contributed by atoms with Crippen molar-refractivity contribution in [2.45, 2.75) is 38.5 Å². The lowest BCUT2D eigenvalue weighted by molar-refractivity contribution is -0.116. The predicted molar refractivity (Wildman–Crippen MR) is 89.8 cm³/mol. The number of anilines is 1. The smallest absolute Gasteiger partial charge is 0.251 e. The van der Waals surface area contributed by atoms with Crippen LogP contribution in [0.4, 0.5) is 5.69 Å². The van der Waals surface area contributed by atoms with E-state index in [0.29, 0.717) is 24.4 Å². The van der Waals surface area contributed by atoms with Gasteiger partial charge in [-0.2, -0.15) is 0 Å². The summed E-state index contributed by atoms with van der Waals surface area (Å²) in [5, 5.41) is 3.94. The summed E-state index contributed by atoms with van der Waals surface area (Å²) in [5.74, 6) is 0.422. The number of halogens is 1. The van der Waals surface area contributed by atoms with Crippen molar-refractivity contribution in [2.24, 2.45) is 0 Å². The third-order valence-electron chi connectivity index (χ3n) is 4.16. The highest BCUT2D eigenvalue weighted by Crippen LogP contribution is 2.27. The number of rotatable bonds is 4. The van der Waals surface area contributed by atoms with Crippen molar-refractivity contribution in [3.8, 4) is 0 Å². The number of carbonyl (C=O) groups excluding carboxylic acids is 1. The molecule has 1 aliphatic rings. The van der Waals surface area contributed by atoms with Crippen LogP contribution in [0.1, 0.15) is 36.8 Å². The van der Waals surface area contributed by atoms with E-state index in [0.717, 1.165) is 42.1 Å². The number of hydrogen-bond donors (Lipinski definition) is 2. The Kier molecular flexibility index (Phi) is 4.48. The molecule has 0 fully saturated rings. The Morgan fingerprint density at radius 3 is 2.77 bits per heavy atom. The molecule has 1 aromatic carbocycles. The van der Waals surface area contributed by atoms with Crippen molar-refractivity contribution in [1.29, 1.82) is 0 Å². The zero-order valence-electron chi connectivity index (χ0n) is 12.4. The minimum absolute atomic E-state index is 0.00724. The number of H-pyrrole nitrogens is 1. The monoisotopic (exact) mass is 318 g/mol. The summed E-state index contributed by atoms with van der Waals surface area (Å²) < 4.78 is 0. The Morgan fingerprint density at radius 1 is 1.23 bits per heavy atom. The van der Waals surface area contributed by atoms with E-state index < -0.39 is 0 Å². The first-order valence-electron chi connectivity index (χ1n) is 7.72. The molecule has 116 valence electrons. The largest absolute Gasteiger partial charge is 0.326 e. The fraction of sp³-hybridized carbons (Fsp3) is 0.412. The summed E-state index contributed by atoms with van der Waals surface area (Å²) in [6, 6.07) is 5.73. The lowest BCUT2D eigenvalue weighted by Gasteiger charge is -2.17. The molecule has 5 heteroatoms. The maximum Gasteiger partial charge on any atom is 0.251 e. The van der Waals surface area contributed by atoms with Crippen molar-refractivity contribution in [2.75, 3.05) is 11.2 Å². The maximum absolute atomic E-state index is 12.2. The van der Waals surface area contributed by atoms with Crippen LogP contribution >= 0.6 is 11.6 Å². The summed E-state index contributed by atoms with van der Waals surface area (Å²) in [6.07, 6.45) is 5.08. The van der Waals surface area contributed by atoms with Gasteiger partial charge in [0.15, 0.2) is 0 Å². The molecule has 0 atom stereocenters. The molecule has 0 spiro atoms. The fourth-order valence-corrected chi connectivity index (χ4v) is 3.22. The topological polar surface area (TPSA) is 62.0 Å². The first-order valence-corrected chi connectivity index (χ1v) is 8.26. The number of nitrogens with one attached hydrogen (secondary N) is 2. The third kappa shape index (κ3) is 3.02. The Balaban J connectivity index is 1.94. The molecule has 1 aromatic heterocycles. The van der Waals surface area contributed by atoms with Crippen molar-refractivity contribution in [3.63, 3.8) is 0 Å². The minimum Gasteiger partial charge on any atom is -0.326 e.